The number of aromatic amines is 1. The number of aromatic nitrogens is 1. The molecule has 2 saturated heterocycles. The summed E-state index contributed by atoms with van der Waals surface area (Å²) in [7, 11) is -1.46. The van der Waals surface area contributed by atoms with Crippen LogP contribution in [0.4, 0.5) is 0 Å². The summed E-state index contributed by atoms with van der Waals surface area (Å²) >= 11 is 5.82. The number of nitrogens with zero attached hydrogens (tertiary/aromatic N) is 4. The molecule has 0 saturated carbocycles. The maximum absolute atomic E-state index is 12.7. The van der Waals surface area contributed by atoms with Gasteiger partial charge in [0.05, 0.1) is 5.02 Å². The lowest BCUT2D eigenvalue weighted by atomic mass is 10.3. The summed E-state index contributed by atoms with van der Waals surface area (Å²) < 4.78 is 28.4. The van der Waals surface area contributed by atoms with Gasteiger partial charge in [-0.15, -0.1) is 0 Å². The molecule has 2 aliphatic rings. The van der Waals surface area contributed by atoms with Gasteiger partial charge in [0, 0.05) is 58.6 Å². The highest BCUT2D eigenvalue weighted by Gasteiger charge is 2.34. The molecule has 1 N–H and O–H groups in total. The molecule has 0 aliphatic carbocycles. The lowest BCUT2D eigenvalue weighted by Gasteiger charge is -2.39. The molecule has 3 rings (SSSR count). The van der Waals surface area contributed by atoms with E-state index in [0.717, 1.165) is 13.1 Å². The van der Waals surface area contributed by atoms with Crippen molar-refractivity contribution in [3.05, 3.63) is 23.0 Å². The van der Waals surface area contributed by atoms with Crippen molar-refractivity contribution in [3.63, 3.8) is 0 Å². The quantitative estimate of drug-likeness (QED) is 0.801. The number of piperazine rings is 2. The van der Waals surface area contributed by atoms with Gasteiger partial charge in [-0.2, -0.15) is 17.0 Å². The van der Waals surface area contributed by atoms with Gasteiger partial charge >= 0.3 is 0 Å². The molecule has 0 radical (unpaired) electrons. The Kier molecular flexibility index (Phi) is 5.16. The molecule has 0 unspecified atom stereocenters. The molecule has 1 aromatic rings. The van der Waals surface area contributed by atoms with Gasteiger partial charge in [-0.3, -0.25) is 4.79 Å². The second-order valence-electron chi connectivity index (χ2n) is 6.13. The first-order valence-electron chi connectivity index (χ1n) is 7.95. The van der Waals surface area contributed by atoms with E-state index in [-0.39, 0.29) is 5.91 Å². The van der Waals surface area contributed by atoms with Crippen molar-refractivity contribution in [2.75, 3.05) is 59.4 Å². The van der Waals surface area contributed by atoms with Crippen LogP contribution >= 0.6 is 11.6 Å². The molecule has 2 aliphatic heterocycles. The van der Waals surface area contributed by atoms with Crippen molar-refractivity contribution in [1.82, 2.24) is 23.4 Å². The minimum absolute atomic E-state index is 0.154. The van der Waals surface area contributed by atoms with E-state index in [9.17, 15) is 13.2 Å². The lowest BCUT2D eigenvalue weighted by molar-refractivity contribution is 0.0687. The fraction of sp³-hybridized carbons (Fsp3) is 0.643. The normalized spacial score (nSPS) is 22.0. The SMILES string of the molecule is CN1CCN(S(=O)(=O)N2CCN(C(=O)c3cc(Cl)c[nH]3)CC2)CC1. The summed E-state index contributed by atoms with van der Waals surface area (Å²) in [5.74, 6) is -0.154. The van der Waals surface area contributed by atoms with Crippen LogP contribution in [0.25, 0.3) is 0 Å². The standard InChI is InChI=1S/C14H22ClN5O3S/c1-17-2-6-19(7-3-17)24(22,23)20-8-4-18(5-9-20)14(21)13-10-12(15)11-16-13/h10-11,16H,2-9H2,1H3. The molecule has 0 spiro atoms. The molecule has 0 bridgehead atoms. The number of amides is 1. The van der Waals surface area contributed by atoms with E-state index in [4.69, 9.17) is 11.6 Å². The maximum Gasteiger partial charge on any atom is 0.282 e. The Hall–Kier alpha value is -1.13. The zero-order valence-electron chi connectivity index (χ0n) is 13.6. The number of hydrogen-bond acceptors (Lipinski definition) is 4. The Morgan fingerprint density at radius 3 is 2.08 bits per heavy atom. The predicted molar refractivity (Wildman–Crippen MR) is 91.3 cm³/mol. The molecule has 8 nitrogen and oxygen atoms in total. The van der Waals surface area contributed by atoms with E-state index in [1.54, 1.807) is 17.2 Å². The number of H-pyrrole nitrogens is 1. The van der Waals surface area contributed by atoms with Gasteiger partial charge in [-0.1, -0.05) is 11.6 Å². The average molecular weight is 376 g/mol. The summed E-state index contributed by atoms with van der Waals surface area (Å²) in [5, 5.41) is 0.481. The molecular weight excluding hydrogens is 354 g/mol. The number of hydrogen-bond donors (Lipinski definition) is 1. The molecule has 134 valence electrons. The van der Waals surface area contributed by atoms with Crippen LogP contribution in [-0.4, -0.2) is 97.1 Å². The van der Waals surface area contributed by atoms with Crippen LogP contribution in [0.3, 0.4) is 0 Å². The average Bonchev–Trinajstić information content (AvgIpc) is 3.01. The summed E-state index contributed by atoms with van der Waals surface area (Å²) in [6.45, 7) is 3.89. The largest absolute Gasteiger partial charge is 0.356 e. The van der Waals surface area contributed by atoms with Crippen LogP contribution in [0, 0.1) is 0 Å². The highest BCUT2D eigenvalue weighted by Crippen LogP contribution is 2.17. The summed E-state index contributed by atoms with van der Waals surface area (Å²) in [4.78, 5) is 19.0. The van der Waals surface area contributed by atoms with Crippen LogP contribution in [-0.2, 0) is 10.2 Å². The van der Waals surface area contributed by atoms with Gasteiger partial charge in [0.25, 0.3) is 16.1 Å². The van der Waals surface area contributed by atoms with E-state index >= 15 is 0 Å². The van der Waals surface area contributed by atoms with Gasteiger partial charge < -0.3 is 14.8 Å². The first-order chi connectivity index (χ1) is 11.4. The summed E-state index contributed by atoms with van der Waals surface area (Å²) in [6.07, 6.45) is 1.56. The van der Waals surface area contributed by atoms with Crippen molar-refractivity contribution in [3.8, 4) is 0 Å². The highest BCUT2D eigenvalue weighted by molar-refractivity contribution is 7.86. The third-order valence-corrected chi connectivity index (χ3v) is 6.77. The van der Waals surface area contributed by atoms with Crippen LogP contribution in [0.1, 0.15) is 10.5 Å². The number of likely N-dealkylation sites (N-methyl/N-ethyl adjacent to an activating group) is 1. The zero-order chi connectivity index (χ0) is 17.3. The van der Waals surface area contributed by atoms with E-state index in [0.29, 0.717) is 50.0 Å². The number of carbonyl (C=O) groups is 1. The molecule has 2 fully saturated rings. The number of halogens is 1. The Labute approximate surface area is 147 Å². The lowest BCUT2D eigenvalue weighted by Crippen LogP contribution is -2.57. The Balaban J connectivity index is 1.59. The van der Waals surface area contributed by atoms with Gasteiger partial charge in [-0.25, -0.2) is 0 Å². The van der Waals surface area contributed by atoms with E-state index in [1.807, 2.05) is 7.05 Å². The Bertz CT molecular complexity index is 691. The molecule has 1 aromatic heterocycles. The van der Waals surface area contributed by atoms with Crippen LogP contribution in [0.5, 0.6) is 0 Å². The summed E-state index contributed by atoms with van der Waals surface area (Å²) in [6, 6.07) is 1.58. The number of carbonyl (C=O) groups excluding carboxylic acids is 1. The first-order valence-corrected chi connectivity index (χ1v) is 9.72. The van der Waals surface area contributed by atoms with Gasteiger partial charge in [0.1, 0.15) is 5.69 Å². The minimum Gasteiger partial charge on any atom is -0.356 e. The number of rotatable bonds is 3. The number of nitrogens with one attached hydrogen (secondary N) is 1. The maximum atomic E-state index is 12.7. The van der Waals surface area contributed by atoms with Crippen LogP contribution < -0.4 is 0 Å². The molecule has 1 amide bonds. The molecule has 3 heterocycles. The third kappa shape index (κ3) is 3.60. The van der Waals surface area contributed by atoms with Gasteiger partial charge in [-0.05, 0) is 13.1 Å². The zero-order valence-corrected chi connectivity index (χ0v) is 15.2. The monoisotopic (exact) mass is 375 g/mol. The second-order valence-corrected chi connectivity index (χ2v) is 8.50. The fourth-order valence-electron chi connectivity index (χ4n) is 2.97. The van der Waals surface area contributed by atoms with Crippen LogP contribution in [0.15, 0.2) is 12.3 Å². The van der Waals surface area contributed by atoms with Crippen molar-refractivity contribution in [1.29, 1.82) is 0 Å². The summed E-state index contributed by atoms with van der Waals surface area (Å²) in [5.41, 5.74) is 0.426. The fourth-order valence-corrected chi connectivity index (χ4v) is 4.71. The van der Waals surface area contributed by atoms with Crippen molar-refractivity contribution in [2.24, 2.45) is 0 Å². The van der Waals surface area contributed by atoms with E-state index < -0.39 is 10.2 Å². The molecule has 0 aromatic carbocycles. The third-order valence-electron chi connectivity index (χ3n) is 4.52. The second kappa shape index (κ2) is 7.01. The first kappa shape index (κ1) is 17.7. The van der Waals surface area contributed by atoms with E-state index in [2.05, 4.69) is 9.88 Å². The van der Waals surface area contributed by atoms with Crippen molar-refractivity contribution < 1.29 is 13.2 Å². The van der Waals surface area contributed by atoms with Crippen molar-refractivity contribution in [2.45, 2.75) is 0 Å². The molecule has 10 heteroatoms. The Morgan fingerprint density at radius 2 is 1.58 bits per heavy atom. The predicted octanol–water partition coefficient (Wildman–Crippen LogP) is -0.0819. The minimum atomic E-state index is -3.45. The van der Waals surface area contributed by atoms with Crippen LogP contribution in [0.2, 0.25) is 5.02 Å². The smallest absolute Gasteiger partial charge is 0.282 e. The molecular formula is C14H22ClN5O3S. The van der Waals surface area contributed by atoms with Gasteiger partial charge in [0.2, 0.25) is 0 Å². The highest BCUT2D eigenvalue weighted by atomic mass is 35.5. The Morgan fingerprint density at radius 1 is 1.04 bits per heavy atom. The van der Waals surface area contributed by atoms with Gasteiger partial charge in [0.15, 0.2) is 0 Å². The topological polar surface area (TPSA) is 80.0 Å². The molecule has 0 atom stereocenters. The van der Waals surface area contributed by atoms with E-state index in [1.165, 1.54) is 8.61 Å². The molecule has 24 heavy (non-hydrogen) atoms. The van der Waals surface area contributed by atoms with Crippen molar-refractivity contribution >= 4 is 27.7 Å².